The molecule has 0 aliphatic heterocycles. The van der Waals surface area contributed by atoms with Crippen molar-refractivity contribution in [1.29, 1.82) is 0 Å². The van der Waals surface area contributed by atoms with Crippen molar-refractivity contribution in [3.8, 4) is 0 Å². The third-order valence-corrected chi connectivity index (χ3v) is 4.77. The van der Waals surface area contributed by atoms with E-state index in [1.807, 2.05) is 37.3 Å². The molecule has 30 heavy (non-hydrogen) atoms. The summed E-state index contributed by atoms with van der Waals surface area (Å²) in [7, 11) is 0. The first-order chi connectivity index (χ1) is 14.5. The zero-order valence-corrected chi connectivity index (χ0v) is 16.2. The predicted octanol–water partition coefficient (Wildman–Crippen LogP) is 3.96. The fraction of sp³-hybridized carbons (Fsp3) is 0.0870. The normalized spacial score (nSPS) is 10.7. The van der Waals surface area contributed by atoms with Gasteiger partial charge in [0, 0.05) is 18.4 Å². The van der Waals surface area contributed by atoms with Crippen LogP contribution in [0.5, 0.6) is 0 Å². The lowest BCUT2D eigenvalue weighted by Gasteiger charge is -2.12. The van der Waals surface area contributed by atoms with Gasteiger partial charge >= 0.3 is 0 Å². The minimum absolute atomic E-state index is 0.00857. The minimum Gasteiger partial charge on any atom is -0.348 e. The van der Waals surface area contributed by atoms with Crippen LogP contribution in [-0.2, 0) is 6.54 Å². The van der Waals surface area contributed by atoms with Crippen LogP contribution in [0.15, 0.2) is 73.1 Å². The number of nitrogens with one attached hydrogen (secondary N) is 2. The number of halogens is 1. The van der Waals surface area contributed by atoms with E-state index in [9.17, 15) is 14.0 Å². The van der Waals surface area contributed by atoms with Crippen LogP contribution in [0.2, 0.25) is 0 Å². The van der Waals surface area contributed by atoms with Gasteiger partial charge in [0.1, 0.15) is 17.2 Å². The Bertz CT molecular complexity index is 1250. The van der Waals surface area contributed by atoms with Gasteiger partial charge in [-0.1, -0.05) is 30.3 Å². The molecule has 0 bridgehead atoms. The maximum absolute atomic E-state index is 13.8. The van der Waals surface area contributed by atoms with Crippen LogP contribution >= 0.6 is 0 Å². The molecule has 4 aromatic rings. The minimum atomic E-state index is -0.570. The number of carbonyl (C=O) groups is 2. The molecular formula is C23H19FN4O2. The summed E-state index contributed by atoms with van der Waals surface area (Å²) in [4.78, 5) is 29.2. The number of nitrogens with zero attached hydrogens (tertiary/aromatic N) is 2. The van der Waals surface area contributed by atoms with Crippen molar-refractivity contribution in [2.24, 2.45) is 0 Å². The van der Waals surface area contributed by atoms with Crippen molar-refractivity contribution >= 4 is 23.1 Å². The molecule has 0 aliphatic rings. The van der Waals surface area contributed by atoms with Gasteiger partial charge in [0.05, 0.1) is 11.8 Å². The third kappa shape index (κ3) is 3.91. The molecule has 7 heteroatoms. The van der Waals surface area contributed by atoms with Crippen LogP contribution in [0, 0.1) is 12.7 Å². The highest BCUT2D eigenvalue weighted by Crippen LogP contribution is 2.19. The zero-order valence-electron chi connectivity index (χ0n) is 16.2. The first-order valence-corrected chi connectivity index (χ1v) is 9.38. The van der Waals surface area contributed by atoms with Crippen molar-refractivity contribution in [2.45, 2.75) is 13.5 Å². The monoisotopic (exact) mass is 402 g/mol. The van der Waals surface area contributed by atoms with Crippen LogP contribution < -0.4 is 10.6 Å². The van der Waals surface area contributed by atoms with Crippen LogP contribution in [0.1, 0.15) is 32.0 Å². The number of amides is 2. The van der Waals surface area contributed by atoms with Gasteiger partial charge in [-0.2, -0.15) is 0 Å². The highest BCUT2D eigenvalue weighted by atomic mass is 19.1. The molecule has 2 aromatic heterocycles. The molecule has 0 aliphatic carbocycles. The number of aryl methyl sites for hydroxylation is 1. The van der Waals surface area contributed by atoms with E-state index < -0.39 is 11.7 Å². The van der Waals surface area contributed by atoms with Crippen LogP contribution in [0.25, 0.3) is 5.65 Å². The SMILES string of the molecule is Cc1ccc(CNC(=O)c2ccccc2F)cc1NC(=O)c1cnc2ccccn12. The summed E-state index contributed by atoms with van der Waals surface area (Å²) in [5.74, 6) is -1.35. The van der Waals surface area contributed by atoms with Crippen molar-refractivity contribution in [2.75, 3.05) is 5.32 Å². The Morgan fingerprint density at radius 2 is 1.83 bits per heavy atom. The van der Waals surface area contributed by atoms with Gasteiger partial charge in [-0.15, -0.1) is 0 Å². The Labute approximate surface area is 172 Å². The number of imidazole rings is 1. The molecule has 0 unspecified atom stereocenters. The molecular weight excluding hydrogens is 383 g/mol. The van der Waals surface area contributed by atoms with Gasteiger partial charge < -0.3 is 10.6 Å². The van der Waals surface area contributed by atoms with Gasteiger partial charge in [-0.25, -0.2) is 9.37 Å². The molecule has 150 valence electrons. The molecule has 0 radical (unpaired) electrons. The molecule has 2 heterocycles. The van der Waals surface area contributed by atoms with Crippen molar-refractivity contribution < 1.29 is 14.0 Å². The van der Waals surface area contributed by atoms with E-state index in [1.165, 1.54) is 24.4 Å². The smallest absolute Gasteiger partial charge is 0.274 e. The Hall–Kier alpha value is -4.00. The first-order valence-electron chi connectivity index (χ1n) is 9.38. The number of anilines is 1. The Balaban J connectivity index is 1.49. The lowest BCUT2D eigenvalue weighted by molar-refractivity contribution is 0.0946. The number of carbonyl (C=O) groups excluding carboxylic acids is 2. The van der Waals surface area contributed by atoms with E-state index >= 15 is 0 Å². The lowest BCUT2D eigenvalue weighted by Crippen LogP contribution is -2.24. The van der Waals surface area contributed by atoms with Crippen LogP contribution in [0.4, 0.5) is 10.1 Å². The molecule has 0 spiro atoms. The molecule has 6 nitrogen and oxygen atoms in total. The maximum Gasteiger partial charge on any atom is 0.274 e. The number of benzene rings is 2. The third-order valence-electron chi connectivity index (χ3n) is 4.77. The Kier molecular flexibility index (Phi) is 5.26. The number of fused-ring (bicyclic) bond motifs is 1. The summed E-state index contributed by atoms with van der Waals surface area (Å²) in [6.45, 7) is 2.08. The zero-order chi connectivity index (χ0) is 21.1. The van der Waals surface area contributed by atoms with E-state index in [2.05, 4.69) is 15.6 Å². The average Bonchev–Trinajstić information content (AvgIpc) is 3.18. The number of hydrogen-bond acceptors (Lipinski definition) is 3. The second kappa shape index (κ2) is 8.16. The second-order valence-electron chi connectivity index (χ2n) is 6.84. The summed E-state index contributed by atoms with van der Waals surface area (Å²) in [6.07, 6.45) is 3.30. The highest BCUT2D eigenvalue weighted by molar-refractivity contribution is 6.04. The first kappa shape index (κ1) is 19.3. The van der Waals surface area contributed by atoms with Crippen molar-refractivity contribution in [1.82, 2.24) is 14.7 Å². The molecule has 0 atom stereocenters. The molecule has 2 aromatic carbocycles. The lowest BCUT2D eigenvalue weighted by atomic mass is 10.1. The molecule has 2 amide bonds. The summed E-state index contributed by atoms with van der Waals surface area (Å²) in [5.41, 5.74) is 3.38. The van der Waals surface area contributed by atoms with E-state index in [-0.39, 0.29) is 18.0 Å². The van der Waals surface area contributed by atoms with E-state index in [1.54, 1.807) is 22.7 Å². The summed E-state index contributed by atoms with van der Waals surface area (Å²) in [5, 5.41) is 5.60. The van der Waals surface area contributed by atoms with Gasteiger partial charge in [0.2, 0.25) is 0 Å². The molecule has 0 fully saturated rings. The Morgan fingerprint density at radius 1 is 1.03 bits per heavy atom. The fourth-order valence-corrected chi connectivity index (χ4v) is 3.12. The molecule has 2 N–H and O–H groups in total. The Morgan fingerprint density at radius 3 is 2.67 bits per heavy atom. The molecule has 4 rings (SSSR count). The maximum atomic E-state index is 13.8. The van der Waals surface area contributed by atoms with Crippen LogP contribution in [-0.4, -0.2) is 21.2 Å². The average molecular weight is 402 g/mol. The summed E-state index contributed by atoms with van der Waals surface area (Å²) in [6, 6.07) is 16.8. The van der Waals surface area contributed by atoms with Crippen molar-refractivity contribution in [3.05, 3.63) is 101 Å². The van der Waals surface area contributed by atoms with Gasteiger partial charge in [-0.3, -0.25) is 14.0 Å². The van der Waals surface area contributed by atoms with Gasteiger partial charge in [-0.05, 0) is 48.4 Å². The summed E-state index contributed by atoms with van der Waals surface area (Å²) < 4.78 is 15.5. The van der Waals surface area contributed by atoms with Gasteiger partial charge in [0.15, 0.2) is 0 Å². The highest BCUT2D eigenvalue weighted by Gasteiger charge is 2.14. The van der Waals surface area contributed by atoms with E-state index in [0.29, 0.717) is 17.0 Å². The fourth-order valence-electron chi connectivity index (χ4n) is 3.12. The molecule has 0 saturated heterocycles. The quantitative estimate of drug-likeness (QED) is 0.531. The predicted molar refractivity (Wildman–Crippen MR) is 112 cm³/mol. The van der Waals surface area contributed by atoms with E-state index in [4.69, 9.17) is 0 Å². The topological polar surface area (TPSA) is 75.5 Å². The van der Waals surface area contributed by atoms with Crippen LogP contribution in [0.3, 0.4) is 0 Å². The van der Waals surface area contributed by atoms with E-state index in [0.717, 1.165) is 11.1 Å². The van der Waals surface area contributed by atoms with Crippen molar-refractivity contribution in [3.63, 3.8) is 0 Å². The largest absolute Gasteiger partial charge is 0.348 e. The number of pyridine rings is 1. The second-order valence-corrected chi connectivity index (χ2v) is 6.84. The number of hydrogen-bond donors (Lipinski definition) is 2. The molecule has 0 saturated carbocycles. The number of aromatic nitrogens is 2. The van der Waals surface area contributed by atoms with Gasteiger partial charge in [0.25, 0.3) is 11.8 Å². The summed E-state index contributed by atoms with van der Waals surface area (Å²) >= 11 is 0. The number of rotatable bonds is 5. The standard InChI is InChI=1S/C23H19FN4O2/c1-15-9-10-16(13-26-22(29)17-6-2-3-7-18(17)24)12-19(15)27-23(30)20-14-25-21-8-4-5-11-28(20)21/h2-12,14H,13H2,1H3,(H,26,29)(H,27,30).